The van der Waals surface area contributed by atoms with E-state index in [9.17, 15) is 24.3 Å². The van der Waals surface area contributed by atoms with Gasteiger partial charge in [0.15, 0.2) is 11.5 Å². The number of amides is 3. The summed E-state index contributed by atoms with van der Waals surface area (Å²) in [6.07, 6.45) is 4.13. The van der Waals surface area contributed by atoms with Crippen LogP contribution in [0, 0.1) is 5.92 Å². The predicted octanol–water partition coefficient (Wildman–Crippen LogP) is 1.79. The van der Waals surface area contributed by atoms with Crippen LogP contribution in [0.5, 0.6) is 11.5 Å². The summed E-state index contributed by atoms with van der Waals surface area (Å²) in [6, 6.07) is 4.93. The molecule has 4 rings (SSSR count). The van der Waals surface area contributed by atoms with Crippen molar-refractivity contribution in [1.29, 1.82) is 0 Å². The van der Waals surface area contributed by atoms with Crippen molar-refractivity contribution in [2.24, 2.45) is 11.7 Å². The van der Waals surface area contributed by atoms with E-state index in [0.717, 1.165) is 31.2 Å². The third kappa shape index (κ3) is 6.70. The van der Waals surface area contributed by atoms with E-state index in [0.29, 0.717) is 37.7 Å². The molecule has 0 bridgehead atoms. The molecule has 0 aromatic heterocycles. The maximum absolute atomic E-state index is 13.5. The lowest BCUT2D eigenvalue weighted by atomic mass is 9.84. The highest BCUT2D eigenvalue weighted by Gasteiger charge is 2.48. The van der Waals surface area contributed by atoms with Gasteiger partial charge in [0.2, 0.25) is 24.5 Å². The molecule has 0 saturated carbocycles. The quantitative estimate of drug-likeness (QED) is 0.265. The number of carboxylic acids is 1. The van der Waals surface area contributed by atoms with Gasteiger partial charge < -0.3 is 25.2 Å². The number of imide groups is 1. The molecule has 3 atom stereocenters. The van der Waals surface area contributed by atoms with Crippen molar-refractivity contribution in [3.8, 4) is 11.5 Å². The summed E-state index contributed by atoms with van der Waals surface area (Å²) >= 11 is 0. The number of hydrogen-bond donors (Lipinski definition) is 2. The largest absolute Gasteiger partial charge is 0.481 e. The number of carbonyl (C=O) groups is 4. The van der Waals surface area contributed by atoms with Crippen molar-refractivity contribution in [3.63, 3.8) is 0 Å². The van der Waals surface area contributed by atoms with Crippen LogP contribution in [-0.4, -0.2) is 95.6 Å². The molecular weight excluding hydrogens is 504 g/mol. The first-order valence-electron chi connectivity index (χ1n) is 14.0. The van der Waals surface area contributed by atoms with Crippen LogP contribution in [-0.2, 0) is 19.2 Å². The first-order chi connectivity index (χ1) is 18.8. The molecule has 39 heavy (non-hydrogen) atoms. The average molecular weight is 545 g/mol. The Hall–Kier alpha value is -3.18. The second kappa shape index (κ2) is 13.3. The summed E-state index contributed by atoms with van der Waals surface area (Å²) in [5.74, 6) is -1.52. The molecule has 1 aromatic rings. The highest BCUT2D eigenvalue weighted by atomic mass is 16.7. The number of carboxylic acid groups (broad SMARTS) is 1. The van der Waals surface area contributed by atoms with Crippen LogP contribution in [0.25, 0.3) is 0 Å². The van der Waals surface area contributed by atoms with Crippen molar-refractivity contribution >= 4 is 23.7 Å². The number of hydrogen-bond acceptors (Lipinski definition) is 8. The number of carbonyl (C=O) groups excluding carboxylic acids is 3. The molecule has 11 nitrogen and oxygen atoms in total. The number of ether oxygens (including phenoxy) is 2. The van der Waals surface area contributed by atoms with E-state index in [2.05, 4.69) is 6.92 Å². The zero-order chi connectivity index (χ0) is 27.9. The summed E-state index contributed by atoms with van der Waals surface area (Å²) in [6.45, 7) is 4.58. The van der Waals surface area contributed by atoms with E-state index in [4.69, 9.17) is 15.2 Å². The normalized spacial score (nSPS) is 22.6. The molecule has 214 valence electrons. The van der Waals surface area contributed by atoms with Crippen molar-refractivity contribution in [3.05, 3.63) is 23.8 Å². The third-order valence-corrected chi connectivity index (χ3v) is 8.02. The zero-order valence-electron chi connectivity index (χ0n) is 22.7. The topological polar surface area (TPSA) is 143 Å². The van der Waals surface area contributed by atoms with E-state index < -0.39 is 23.8 Å². The zero-order valence-corrected chi connectivity index (χ0v) is 22.7. The van der Waals surface area contributed by atoms with Gasteiger partial charge in [0.25, 0.3) is 0 Å². The van der Waals surface area contributed by atoms with E-state index in [1.165, 1.54) is 4.90 Å². The van der Waals surface area contributed by atoms with Crippen molar-refractivity contribution in [2.75, 3.05) is 46.1 Å². The maximum atomic E-state index is 13.5. The molecule has 3 aliphatic heterocycles. The highest BCUT2D eigenvalue weighted by Crippen LogP contribution is 2.42. The van der Waals surface area contributed by atoms with Crippen LogP contribution in [0.1, 0.15) is 63.4 Å². The number of rotatable bonds is 14. The molecule has 0 radical (unpaired) electrons. The van der Waals surface area contributed by atoms with Crippen LogP contribution < -0.4 is 15.2 Å². The van der Waals surface area contributed by atoms with E-state index in [-0.39, 0.29) is 56.9 Å². The van der Waals surface area contributed by atoms with Gasteiger partial charge in [-0.1, -0.05) is 19.4 Å². The second-order valence-corrected chi connectivity index (χ2v) is 10.5. The lowest BCUT2D eigenvalue weighted by Crippen LogP contribution is -2.46. The standard InChI is InChI=1S/C28H40N4O7/c1-2-3-12-30(13-5-4-11-29)26(35)17-31-16-20(19-6-7-22-23(15-19)39-18-38-22)27(28(36)37)21(31)10-14-32-24(33)8-9-25(32)34/h6-7,15,20-21,27H,2-5,8-14,16-18,29H2,1H3,(H,36,37). The van der Waals surface area contributed by atoms with Gasteiger partial charge in [0.1, 0.15) is 0 Å². The number of fused-ring (bicyclic) bond motifs is 1. The Morgan fingerprint density at radius 2 is 1.79 bits per heavy atom. The van der Waals surface area contributed by atoms with E-state index in [1.54, 1.807) is 6.07 Å². The second-order valence-electron chi connectivity index (χ2n) is 10.5. The molecule has 0 spiro atoms. The molecule has 2 saturated heterocycles. The Morgan fingerprint density at radius 1 is 1.08 bits per heavy atom. The first kappa shape index (κ1) is 28.8. The SMILES string of the molecule is CCCCN(CCCCN)C(=O)CN1CC(c2ccc3c(c2)OCO3)C(C(=O)O)C1CCN1C(=O)CCC1=O. The van der Waals surface area contributed by atoms with Gasteiger partial charge in [-0.2, -0.15) is 0 Å². The van der Waals surface area contributed by atoms with E-state index in [1.807, 2.05) is 21.9 Å². The Kier molecular flexibility index (Phi) is 9.79. The summed E-state index contributed by atoms with van der Waals surface area (Å²) in [7, 11) is 0. The summed E-state index contributed by atoms with van der Waals surface area (Å²) in [4.78, 5) is 55.8. The van der Waals surface area contributed by atoms with Crippen LogP contribution in [0.4, 0.5) is 0 Å². The highest BCUT2D eigenvalue weighted by molar-refractivity contribution is 6.01. The van der Waals surface area contributed by atoms with Crippen molar-refractivity contribution < 1.29 is 33.8 Å². The Morgan fingerprint density at radius 3 is 2.49 bits per heavy atom. The third-order valence-electron chi connectivity index (χ3n) is 8.02. The number of nitrogens with zero attached hydrogens (tertiary/aromatic N) is 3. The van der Waals surface area contributed by atoms with Crippen LogP contribution in [0.2, 0.25) is 0 Å². The van der Waals surface area contributed by atoms with Crippen LogP contribution in [0.15, 0.2) is 18.2 Å². The minimum absolute atomic E-state index is 0.0470. The molecule has 3 aliphatic rings. The fraction of sp³-hybridized carbons (Fsp3) is 0.643. The maximum Gasteiger partial charge on any atom is 0.308 e. The van der Waals surface area contributed by atoms with Gasteiger partial charge >= 0.3 is 5.97 Å². The summed E-state index contributed by atoms with van der Waals surface area (Å²) in [5, 5.41) is 10.4. The minimum Gasteiger partial charge on any atom is -0.481 e. The predicted molar refractivity (Wildman–Crippen MR) is 142 cm³/mol. The van der Waals surface area contributed by atoms with Crippen molar-refractivity contribution in [2.45, 2.75) is 63.8 Å². The first-order valence-corrected chi connectivity index (χ1v) is 14.0. The van der Waals surface area contributed by atoms with Crippen LogP contribution >= 0.6 is 0 Å². The molecule has 3 N–H and O–H groups in total. The lowest BCUT2D eigenvalue weighted by Gasteiger charge is -2.30. The fourth-order valence-corrected chi connectivity index (χ4v) is 5.90. The molecule has 2 fully saturated rings. The smallest absolute Gasteiger partial charge is 0.308 e. The Labute approximate surface area is 229 Å². The van der Waals surface area contributed by atoms with Gasteiger partial charge in [-0.15, -0.1) is 0 Å². The molecule has 3 unspecified atom stereocenters. The van der Waals surface area contributed by atoms with Gasteiger partial charge in [0.05, 0.1) is 12.5 Å². The number of likely N-dealkylation sites (tertiary alicyclic amines) is 2. The monoisotopic (exact) mass is 544 g/mol. The summed E-state index contributed by atoms with van der Waals surface area (Å²) < 4.78 is 11.0. The fourth-order valence-electron chi connectivity index (χ4n) is 5.90. The van der Waals surface area contributed by atoms with Gasteiger partial charge in [-0.25, -0.2) is 0 Å². The number of aliphatic carboxylic acids is 1. The number of benzene rings is 1. The van der Waals surface area contributed by atoms with E-state index >= 15 is 0 Å². The number of unbranched alkanes of at least 4 members (excludes halogenated alkanes) is 2. The molecule has 1 aromatic carbocycles. The average Bonchev–Trinajstić information content (AvgIpc) is 3.61. The lowest BCUT2D eigenvalue weighted by molar-refractivity contribution is -0.144. The van der Waals surface area contributed by atoms with Crippen LogP contribution in [0.3, 0.4) is 0 Å². The van der Waals surface area contributed by atoms with Gasteiger partial charge in [0, 0.05) is 51.0 Å². The minimum atomic E-state index is -0.970. The van der Waals surface area contributed by atoms with Gasteiger partial charge in [-0.3, -0.25) is 29.0 Å². The Bertz CT molecular complexity index is 1050. The Balaban J connectivity index is 1.58. The summed E-state index contributed by atoms with van der Waals surface area (Å²) in [5.41, 5.74) is 6.45. The number of nitrogens with two attached hydrogens (primary N) is 1. The molecule has 3 amide bonds. The van der Waals surface area contributed by atoms with Gasteiger partial charge in [-0.05, 0) is 49.9 Å². The van der Waals surface area contributed by atoms with Crippen molar-refractivity contribution in [1.82, 2.24) is 14.7 Å². The molecule has 3 heterocycles. The molecule has 11 heteroatoms. The molecule has 0 aliphatic carbocycles. The molecular formula is C28H40N4O7.